The van der Waals surface area contributed by atoms with Crippen LogP contribution in [0.2, 0.25) is 0 Å². The first-order valence-corrected chi connectivity index (χ1v) is 2.96. The molecule has 2 rings (SSSR count). The molecule has 0 aliphatic heterocycles. The summed E-state index contributed by atoms with van der Waals surface area (Å²) in [6.45, 7) is 0. The Bertz CT molecular complexity index is 337. The monoisotopic (exact) mass is 151 g/mol. The second kappa shape index (κ2) is 2.17. The molecule has 56 valence electrons. The van der Waals surface area contributed by atoms with Crippen molar-refractivity contribution in [3.63, 3.8) is 0 Å². The summed E-state index contributed by atoms with van der Waals surface area (Å²) in [4.78, 5) is 14.2. The summed E-state index contributed by atoms with van der Waals surface area (Å²) in [5, 5.41) is 8.45. The van der Waals surface area contributed by atoms with E-state index in [9.17, 15) is 0 Å². The van der Waals surface area contributed by atoms with Crippen LogP contribution >= 0.6 is 0 Å². The predicted octanol–water partition coefficient (Wildman–Crippen LogP) is 0.154. The first kappa shape index (κ1) is 6.05. The number of anilines is 1. The SMILES string of the molecule is ONc1nc2ncncc2[nH]1. The first-order valence-electron chi connectivity index (χ1n) is 2.96. The van der Waals surface area contributed by atoms with E-state index in [1.807, 2.05) is 5.48 Å². The number of H-pyrrole nitrogens is 1. The lowest BCUT2D eigenvalue weighted by Crippen LogP contribution is -1.89. The number of nitrogens with one attached hydrogen (secondary N) is 2. The summed E-state index contributed by atoms with van der Waals surface area (Å²) in [6, 6.07) is 0. The molecule has 2 aromatic heterocycles. The van der Waals surface area contributed by atoms with Gasteiger partial charge in [-0.25, -0.2) is 15.4 Å². The lowest BCUT2D eigenvalue weighted by molar-refractivity contribution is 0.383. The molecule has 0 bridgehead atoms. The molecule has 0 unspecified atom stereocenters. The van der Waals surface area contributed by atoms with Crippen LogP contribution in [0, 0.1) is 0 Å². The van der Waals surface area contributed by atoms with Gasteiger partial charge in [-0.05, 0) is 0 Å². The van der Waals surface area contributed by atoms with Gasteiger partial charge in [0.25, 0.3) is 0 Å². The van der Waals surface area contributed by atoms with Gasteiger partial charge in [-0.3, -0.25) is 5.21 Å². The van der Waals surface area contributed by atoms with E-state index in [0.29, 0.717) is 11.2 Å². The zero-order valence-electron chi connectivity index (χ0n) is 5.44. The lowest BCUT2D eigenvalue weighted by atomic mass is 10.6. The molecular formula is C5H5N5O. The number of nitrogens with zero attached hydrogens (tertiary/aromatic N) is 3. The number of hydrogen-bond acceptors (Lipinski definition) is 5. The van der Waals surface area contributed by atoms with Crippen molar-refractivity contribution in [2.75, 3.05) is 5.48 Å². The van der Waals surface area contributed by atoms with E-state index in [1.54, 1.807) is 6.20 Å². The van der Waals surface area contributed by atoms with Crippen LogP contribution in [0.4, 0.5) is 5.95 Å². The molecule has 3 N–H and O–H groups in total. The molecule has 6 nitrogen and oxygen atoms in total. The van der Waals surface area contributed by atoms with Crippen molar-refractivity contribution in [1.82, 2.24) is 19.9 Å². The quantitative estimate of drug-likeness (QED) is 0.505. The van der Waals surface area contributed by atoms with E-state index in [2.05, 4.69) is 19.9 Å². The molecule has 0 spiro atoms. The molecule has 2 heterocycles. The number of aromatic amines is 1. The van der Waals surface area contributed by atoms with E-state index in [1.165, 1.54) is 6.33 Å². The van der Waals surface area contributed by atoms with Gasteiger partial charge in [0.05, 0.1) is 6.20 Å². The van der Waals surface area contributed by atoms with E-state index in [4.69, 9.17) is 5.21 Å². The molecule has 0 fully saturated rings. The van der Waals surface area contributed by atoms with Crippen LogP contribution < -0.4 is 5.48 Å². The van der Waals surface area contributed by atoms with Gasteiger partial charge in [0.2, 0.25) is 5.95 Å². The second-order valence-electron chi connectivity index (χ2n) is 1.96. The smallest absolute Gasteiger partial charge is 0.227 e. The number of fused-ring (bicyclic) bond motifs is 1. The Balaban J connectivity index is 2.69. The maximum Gasteiger partial charge on any atom is 0.227 e. The fourth-order valence-electron chi connectivity index (χ4n) is 0.815. The first-order chi connectivity index (χ1) is 5.40. The summed E-state index contributed by atoms with van der Waals surface area (Å²) < 4.78 is 0. The largest absolute Gasteiger partial charge is 0.320 e. The van der Waals surface area contributed by atoms with Crippen molar-refractivity contribution >= 4 is 17.1 Å². The van der Waals surface area contributed by atoms with Crippen molar-refractivity contribution in [1.29, 1.82) is 0 Å². The second-order valence-corrected chi connectivity index (χ2v) is 1.96. The van der Waals surface area contributed by atoms with Crippen molar-refractivity contribution < 1.29 is 5.21 Å². The van der Waals surface area contributed by atoms with Crippen molar-refractivity contribution in [2.45, 2.75) is 0 Å². The minimum atomic E-state index is 0.264. The molecule has 0 aliphatic rings. The molecule has 2 aromatic rings. The summed E-state index contributed by atoms with van der Waals surface area (Å²) >= 11 is 0. The minimum Gasteiger partial charge on any atom is -0.320 e. The maximum absolute atomic E-state index is 8.45. The highest BCUT2D eigenvalue weighted by molar-refractivity contribution is 5.71. The lowest BCUT2D eigenvalue weighted by Gasteiger charge is -1.84. The molecule has 0 aromatic carbocycles. The Morgan fingerprint density at radius 1 is 1.55 bits per heavy atom. The summed E-state index contributed by atoms with van der Waals surface area (Å²) in [7, 11) is 0. The number of hydrogen-bond donors (Lipinski definition) is 3. The van der Waals surface area contributed by atoms with Crippen molar-refractivity contribution in [2.24, 2.45) is 0 Å². The Morgan fingerprint density at radius 3 is 3.18 bits per heavy atom. The van der Waals surface area contributed by atoms with Gasteiger partial charge < -0.3 is 4.98 Å². The van der Waals surface area contributed by atoms with Crippen molar-refractivity contribution in [3.05, 3.63) is 12.5 Å². The van der Waals surface area contributed by atoms with Gasteiger partial charge in [0.15, 0.2) is 5.65 Å². The molecule has 0 saturated heterocycles. The summed E-state index contributed by atoms with van der Waals surface area (Å²) in [5.41, 5.74) is 3.09. The zero-order valence-corrected chi connectivity index (χ0v) is 5.44. The average Bonchev–Trinajstić information content (AvgIpc) is 2.46. The maximum atomic E-state index is 8.45. The number of rotatable bonds is 1. The Morgan fingerprint density at radius 2 is 2.45 bits per heavy atom. The third-order valence-corrected chi connectivity index (χ3v) is 1.27. The predicted molar refractivity (Wildman–Crippen MR) is 37.1 cm³/mol. The highest BCUT2D eigenvalue weighted by Gasteiger charge is 1.99. The molecular weight excluding hydrogens is 146 g/mol. The third kappa shape index (κ3) is 0.887. The number of imidazole rings is 1. The van der Waals surface area contributed by atoms with Gasteiger partial charge in [0, 0.05) is 0 Å². The van der Waals surface area contributed by atoms with Gasteiger partial charge in [-0.1, -0.05) is 0 Å². The van der Waals surface area contributed by atoms with Crippen LogP contribution in [-0.2, 0) is 0 Å². The third-order valence-electron chi connectivity index (χ3n) is 1.27. The molecule has 0 radical (unpaired) electrons. The van der Waals surface area contributed by atoms with Gasteiger partial charge in [-0.15, -0.1) is 0 Å². The molecule has 0 aliphatic carbocycles. The Hall–Kier alpha value is -1.69. The van der Waals surface area contributed by atoms with Crippen molar-refractivity contribution in [3.8, 4) is 0 Å². The standard InChI is InChI=1S/C5H5N5O/c11-10-5-8-3-1-6-2-7-4(3)9-5/h1-2,11H,(H2,6,7,8,9,10). The van der Waals surface area contributed by atoms with Crippen LogP contribution in [0.3, 0.4) is 0 Å². The summed E-state index contributed by atoms with van der Waals surface area (Å²) in [6.07, 6.45) is 2.97. The van der Waals surface area contributed by atoms with E-state index in [-0.39, 0.29) is 5.95 Å². The highest BCUT2D eigenvalue weighted by Crippen LogP contribution is 2.07. The fraction of sp³-hybridized carbons (Fsp3) is 0. The zero-order chi connectivity index (χ0) is 7.68. The van der Waals surface area contributed by atoms with E-state index in [0.717, 1.165) is 0 Å². The molecule has 11 heavy (non-hydrogen) atoms. The van der Waals surface area contributed by atoms with Crippen LogP contribution in [0.1, 0.15) is 0 Å². The van der Waals surface area contributed by atoms with Gasteiger partial charge in [-0.2, -0.15) is 4.98 Å². The highest BCUT2D eigenvalue weighted by atomic mass is 16.5. The number of aromatic nitrogens is 4. The van der Waals surface area contributed by atoms with Crippen LogP contribution in [0.15, 0.2) is 12.5 Å². The molecule has 6 heteroatoms. The average molecular weight is 151 g/mol. The molecule has 0 atom stereocenters. The van der Waals surface area contributed by atoms with E-state index >= 15 is 0 Å². The fourth-order valence-corrected chi connectivity index (χ4v) is 0.815. The Kier molecular flexibility index (Phi) is 1.19. The van der Waals surface area contributed by atoms with Gasteiger partial charge >= 0.3 is 0 Å². The molecule has 0 saturated carbocycles. The minimum absolute atomic E-state index is 0.264. The Labute approximate surface area is 61.3 Å². The molecule has 0 amide bonds. The summed E-state index contributed by atoms with van der Waals surface area (Å²) in [5.74, 6) is 0.264. The van der Waals surface area contributed by atoms with Gasteiger partial charge in [0.1, 0.15) is 11.8 Å². The van der Waals surface area contributed by atoms with Crippen LogP contribution in [-0.4, -0.2) is 25.1 Å². The normalized spacial score (nSPS) is 10.3. The van der Waals surface area contributed by atoms with Crippen LogP contribution in [0.25, 0.3) is 11.2 Å². The van der Waals surface area contributed by atoms with E-state index < -0.39 is 0 Å². The van der Waals surface area contributed by atoms with Crippen LogP contribution in [0.5, 0.6) is 0 Å². The topological polar surface area (TPSA) is 86.7 Å².